The zero-order valence-corrected chi connectivity index (χ0v) is 12.4. The number of anilines is 1. The van der Waals surface area contributed by atoms with Crippen LogP contribution in [0.3, 0.4) is 0 Å². The van der Waals surface area contributed by atoms with Gasteiger partial charge in [-0.25, -0.2) is 9.37 Å². The highest BCUT2D eigenvalue weighted by molar-refractivity contribution is 9.10. The molecule has 0 fully saturated rings. The Kier molecular flexibility index (Phi) is 3.45. The first-order chi connectivity index (χ1) is 9.65. The normalized spacial score (nSPS) is 10.7. The van der Waals surface area contributed by atoms with Gasteiger partial charge in [-0.05, 0) is 51.2 Å². The summed E-state index contributed by atoms with van der Waals surface area (Å²) in [6.07, 6.45) is 1.61. The number of pyridine rings is 1. The Morgan fingerprint density at radius 3 is 2.90 bits per heavy atom. The second kappa shape index (κ2) is 5.26. The van der Waals surface area contributed by atoms with Gasteiger partial charge in [0.2, 0.25) is 0 Å². The van der Waals surface area contributed by atoms with Gasteiger partial charge in [-0.1, -0.05) is 16.6 Å². The third-order valence-electron chi connectivity index (χ3n) is 2.72. The van der Waals surface area contributed by atoms with Crippen LogP contribution in [-0.2, 0) is 0 Å². The zero-order chi connectivity index (χ0) is 14.1. The molecule has 0 saturated carbocycles. The van der Waals surface area contributed by atoms with E-state index in [0.717, 1.165) is 14.9 Å². The lowest BCUT2D eigenvalue weighted by atomic mass is 10.1. The lowest BCUT2D eigenvalue weighted by Gasteiger charge is -2.05. The van der Waals surface area contributed by atoms with E-state index in [4.69, 9.17) is 5.73 Å². The quantitative estimate of drug-likeness (QED) is 0.764. The van der Waals surface area contributed by atoms with Crippen LogP contribution in [0.2, 0.25) is 0 Å². The highest BCUT2D eigenvalue weighted by atomic mass is 79.9. The van der Waals surface area contributed by atoms with Gasteiger partial charge in [0, 0.05) is 16.2 Å². The largest absolute Gasteiger partial charge is 0.383 e. The van der Waals surface area contributed by atoms with Crippen LogP contribution in [0.25, 0.3) is 21.7 Å². The van der Waals surface area contributed by atoms with Crippen molar-refractivity contribution in [2.45, 2.75) is 0 Å². The number of hydrogen-bond acceptors (Lipinski definition) is 5. The molecule has 0 unspecified atom stereocenters. The molecular formula is C13H8BrFN4S. The fourth-order valence-electron chi connectivity index (χ4n) is 1.83. The molecule has 0 aliphatic heterocycles. The third-order valence-corrected chi connectivity index (χ3v) is 3.92. The van der Waals surface area contributed by atoms with Crippen LogP contribution in [0.1, 0.15) is 0 Å². The molecular weight excluding hydrogens is 343 g/mol. The molecule has 3 rings (SSSR count). The summed E-state index contributed by atoms with van der Waals surface area (Å²) in [5, 5.41) is 4.10. The fourth-order valence-corrected chi connectivity index (χ4v) is 2.83. The lowest BCUT2D eigenvalue weighted by molar-refractivity contribution is 0.628. The summed E-state index contributed by atoms with van der Waals surface area (Å²) in [5.41, 5.74) is 7.88. The number of nitrogen functional groups attached to an aromatic ring is 1. The summed E-state index contributed by atoms with van der Waals surface area (Å²) < 4.78 is 18.1. The molecule has 7 heteroatoms. The van der Waals surface area contributed by atoms with E-state index in [1.165, 1.54) is 23.7 Å². The van der Waals surface area contributed by atoms with Crippen molar-refractivity contribution in [3.05, 3.63) is 46.8 Å². The molecule has 2 N–H and O–H groups in total. The average Bonchev–Trinajstić information content (AvgIpc) is 2.90. The highest BCUT2D eigenvalue weighted by Gasteiger charge is 2.16. The van der Waals surface area contributed by atoms with Gasteiger partial charge in [0.25, 0.3) is 0 Å². The molecule has 20 heavy (non-hydrogen) atoms. The van der Waals surface area contributed by atoms with Crippen LogP contribution in [-0.4, -0.2) is 14.6 Å². The monoisotopic (exact) mass is 350 g/mol. The van der Waals surface area contributed by atoms with Crippen molar-refractivity contribution < 1.29 is 4.39 Å². The number of nitrogens with zero attached hydrogens (tertiary/aromatic N) is 3. The maximum Gasteiger partial charge on any atom is 0.133 e. The summed E-state index contributed by atoms with van der Waals surface area (Å²) >= 11 is 4.55. The zero-order valence-electron chi connectivity index (χ0n) is 10.0. The molecule has 0 atom stereocenters. The van der Waals surface area contributed by atoms with E-state index < -0.39 is 0 Å². The van der Waals surface area contributed by atoms with Gasteiger partial charge in [0.15, 0.2) is 0 Å². The average molecular weight is 351 g/mol. The second-order valence-electron chi connectivity index (χ2n) is 4.05. The van der Waals surface area contributed by atoms with Crippen molar-refractivity contribution in [2.24, 2.45) is 0 Å². The second-order valence-corrected chi connectivity index (χ2v) is 5.72. The summed E-state index contributed by atoms with van der Waals surface area (Å²) in [5.74, 6) is 0.0562. The Bertz CT molecular complexity index is 775. The first-order valence-corrected chi connectivity index (χ1v) is 7.21. The summed E-state index contributed by atoms with van der Waals surface area (Å²) in [7, 11) is 0. The topological polar surface area (TPSA) is 64.7 Å². The molecule has 2 aromatic heterocycles. The van der Waals surface area contributed by atoms with Crippen LogP contribution >= 0.6 is 27.5 Å². The fraction of sp³-hybridized carbons (Fsp3) is 0. The van der Waals surface area contributed by atoms with E-state index in [9.17, 15) is 4.39 Å². The molecule has 1 aromatic carbocycles. The van der Waals surface area contributed by atoms with Crippen molar-refractivity contribution in [3.63, 3.8) is 0 Å². The van der Waals surface area contributed by atoms with E-state index >= 15 is 0 Å². The van der Waals surface area contributed by atoms with E-state index in [0.29, 0.717) is 17.1 Å². The first-order valence-electron chi connectivity index (χ1n) is 5.65. The van der Waals surface area contributed by atoms with Crippen LogP contribution in [0, 0.1) is 5.82 Å². The van der Waals surface area contributed by atoms with Crippen LogP contribution in [0.5, 0.6) is 0 Å². The van der Waals surface area contributed by atoms with Crippen molar-refractivity contribution >= 4 is 33.3 Å². The molecule has 4 nitrogen and oxygen atoms in total. The Labute approximate surface area is 126 Å². The molecule has 2 heterocycles. The van der Waals surface area contributed by atoms with E-state index in [2.05, 4.69) is 30.5 Å². The number of benzene rings is 1. The SMILES string of the molecule is Nc1ncc(Br)cc1-c1nnsc1-c1cccc(F)c1. The molecule has 3 aromatic rings. The standard InChI is InChI=1S/C13H8BrFN4S/c14-8-5-10(13(16)17-6-8)11-12(20-19-18-11)7-2-1-3-9(15)4-7/h1-6H,(H2,16,17). The molecule has 0 spiro atoms. The van der Waals surface area contributed by atoms with Gasteiger partial charge >= 0.3 is 0 Å². The predicted molar refractivity (Wildman–Crippen MR) is 80.6 cm³/mol. The smallest absolute Gasteiger partial charge is 0.133 e. The number of rotatable bonds is 2. The van der Waals surface area contributed by atoms with Gasteiger partial charge in [-0.3, -0.25) is 0 Å². The minimum atomic E-state index is -0.304. The number of aromatic nitrogens is 3. The molecule has 0 aliphatic rings. The highest BCUT2D eigenvalue weighted by Crippen LogP contribution is 2.36. The summed E-state index contributed by atoms with van der Waals surface area (Å²) in [6.45, 7) is 0. The molecule has 0 amide bonds. The van der Waals surface area contributed by atoms with Crippen molar-refractivity contribution in [1.82, 2.24) is 14.6 Å². The van der Waals surface area contributed by atoms with Crippen LogP contribution in [0.4, 0.5) is 10.2 Å². The van der Waals surface area contributed by atoms with Crippen LogP contribution < -0.4 is 5.73 Å². The van der Waals surface area contributed by atoms with Gasteiger partial charge in [-0.2, -0.15) is 0 Å². The maximum atomic E-state index is 13.4. The van der Waals surface area contributed by atoms with Crippen molar-refractivity contribution in [1.29, 1.82) is 0 Å². The number of nitrogens with two attached hydrogens (primary N) is 1. The van der Waals surface area contributed by atoms with Crippen molar-refractivity contribution in [3.8, 4) is 21.7 Å². The van der Waals surface area contributed by atoms with E-state index in [1.807, 2.05) is 12.1 Å². The summed E-state index contributed by atoms with van der Waals surface area (Å²) in [4.78, 5) is 4.84. The maximum absolute atomic E-state index is 13.4. The molecule has 0 radical (unpaired) electrons. The summed E-state index contributed by atoms with van der Waals surface area (Å²) in [6, 6.07) is 8.12. The van der Waals surface area contributed by atoms with E-state index in [1.54, 1.807) is 12.3 Å². The van der Waals surface area contributed by atoms with Crippen LogP contribution in [0.15, 0.2) is 41.0 Å². The molecule has 0 saturated heterocycles. The van der Waals surface area contributed by atoms with Gasteiger partial charge in [0.05, 0.1) is 4.88 Å². The Morgan fingerprint density at radius 1 is 1.25 bits per heavy atom. The minimum absolute atomic E-state index is 0.304. The Balaban J connectivity index is 2.18. The first kappa shape index (κ1) is 13.1. The van der Waals surface area contributed by atoms with Gasteiger partial charge in [0.1, 0.15) is 17.3 Å². The van der Waals surface area contributed by atoms with Crippen molar-refractivity contribution in [2.75, 3.05) is 5.73 Å². The molecule has 100 valence electrons. The Hall–Kier alpha value is -1.86. The number of halogens is 2. The molecule has 0 bridgehead atoms. The van der Waals surface area contributed by atoms with Gasteiger partial charge < -0.3 is 5.73 Å². The lowest BCUT2D eigenvalue weighted by Crippen LogP contribution is -1.95. The molecule has 0 aliphatic carbocycles. The number of hydrogen-bond donors (Lipinski definition) is 1. The third kappa shape index (κ3) is 2.41. The predicted octanol–water partition coefficient (Wildman–Crippen LogP) is 3.75. The minimum Gasteiger partial charge on any atom is -0.383 e. The van der Waals surface area contributed by atoms with Gasteiger partial charge in [-0.15, -0.1) is 5.10 Å². The Morgan fingerprint density at radius 2 is 2.10 bits per heavy atom. The van der Waals surface area contributed by atoms with E-state index in [-0.39, 0.29) is 5.82 Å².